The number of methoxy groups -OCH3 is 3. The van der Waals surface area contributed by atoms with Crippen molar-refractivity contribution in [3.63, 3.8) is 0 Å². The van der Waals surface area contributed by atoms with E-state index in [0.29, 0.717) is 34.2 Å². The van der Waals surface area contributed by atoms with Crippen molar-refractivity contribution in [1.82, 2.24) is 4.57 Å². The summed E-state index contributed by atoms with van der Waals surface area (Å²) in [5, 5.41) is 22.8. The third kappa shape index (κ3) is 3.47. The van der Waals surface area contributed by atoms with Gasteiger partial charge in [0.1, 0.15) is 17.1 Å². The van der Waals surface area contributed by atoms with Crippen LogP contribution in [0.3, 0.4) is 0 Å². The number of fused-ring (bicyclic) bond motifs is 1. The van der Waals surface area contributed by atoms with Crippen LogP contribution in [0.5, 0.6) is 23.0 Å². The summed E-state index contributed by atoms with van der Waals surface area (Å²) in [5.41, 5.74) is 1.89. The number of phenolic OH excluding ortho intramolecular Hbond substituents is 1. The zero-order valence-electron chi connectivity index (χ0n) is 17.7. The summed E-state index contributed by atoms with van der Waals surface area (Å²) >= 11 is 0. The van der Waals surface area contributed by atoms with Crippen molar-refractivity contribution in [2.24, 2.45) is 0 Å². The second-order valence-corrected chi connectivity index (χ2v) is 7.25. The lowest BCUT2D eigenvalue weighted by Gasteiger charge is -2.27. The molecule has 2 aromatic carbocycles. The standard InChI is InChI=1S/C23H22N2O7/c1-30-13-5-7-18(31-2)16(9-13)25-11-15(23(28)29)21-22(25)14(10-20(27)24-21)12-4-6-19(32-3)17(26)8-12/h4-9,11,14,26H,10H2,1-3H3,(H,24,27)(H,28,29). The minimum absolute atomic E-state index is 0.0549. The fraction of sp³-hybridized carbons (Fsp3) is 0.217. The third-order valence-electron chi connectivity index (χ3n) is 5.51. The maximum absolute atomic E-state index is 12.5. The van der Waals surface area contributed by atoms with Gasteiger partial charge in [0.25, 0.3) is 0 Å². The number of rotatable bonds is 6. The van der Waals surface area contributed by atoms with Crippen LogP contribution in [0.2, 0.25) is 0 Å². The average molecular weight is 438 g/mol. The van der Waals surface area contributed by atoms with Crippen molar-refractivity contribution in [2.45, 2.75) is 12.3 Å². The number of carbonyl (C=O) groups is 2. The number of aromatic hydroxyl groups is 1. The van der Waals surface area contributed by atoms with Crippen LogP contribution in [0.4, 0.5) is 5.69 Å². The summed E-state index contributed by atoms with van der Waals surface area (Å²) in [6, 6.07) is 10.0. The van der Waals surface area contributed by atoms with Gasteiger partial charge in [-0.2, -0.15) is 0 Å². The molecule has 9 heteroatoms. The molecule has 32 heavy (non-hydrogen) atoms. The second-order valence-electron chi connectivity index (χ2n) is 7.25. The molecule has 4 rings (SSSR count). The van der Waals surface area contributed by atoms with Crippen molar-refractivity contribution in [3.05, 3.63) is 59.4 Å². The molecule has 2 heterocycles. The van der Waals surface area contributed by atoms with Crippen molar-refractivity contribution < 1.29 is 34.0 Å². The van der Waals surface area contributed by atoms with Crippen LogP contribution in [0.1, 0.15) is 34.0 Å². The lowest BCUT2D eigenvalue weighted by atomic mass is 9.88. The van der Waals surface area contributed by atoms with E-state index in [2.05, 4.69) is 5.32 Å². The van der Waals surface area contributed by atoms with Gasteiger partial charge in [-0.1, -0.05) is 6.07 Å². The molecule has 0 saturated carbocycles. The molecule has 0 saturated heterocycles. The van der Waals surface area contributed by atoms with Crippen molar-refractivity contribution in [2.75, 3.05) is 26.6 Å². The number of carbonyl (C=O) groups excluding carboxylic acids is 1. The predicted octanol–water partition coefficient (Wildman–Crippen LogP) is 3.38. The van der Waals surface area contributed by atoms with Gasteiger partial charge >= 0.3 is 5.97 Å². The van der Waals surface area contributed by atoms with E-state index in [4.69, 9.17) is 14.2 Å². The number of carboxylic acids is 1. The van der Waals surface area contributed by atoms with Gasteiger partial charge < -0.3 is 34.3 Å². The van der Waals surface area contributed by atoms with Crippen LogP contribution < -0.4 is 19.5 Å². The Morgan fingerprint density at radius 3 is 2.41 bits per heavy atom. The fourth-order valence-electron chi connectivity index (χ4n) is 4.01. The second kappa shape index (κ2) is 8.18. The zero-order valence-corrected chi connectivity index (χ0v) is 17.7. The molecule has 166 valence electrons. The van der Waals surface area contributed by atoms with Gasteiger partial charge in [0.2, 0.25) is 5.91 Å². The first kappa shape index (κ1) is 21.1. The average Bonchev–Trinajstić information content (AvgIpc) is 3.17. The molecular weight excluding hydrogens is 416 g/mol. The van der Waals surface area contributed by atoms with Crippen LogP contribution in [0.15, 0.2) is 42.6 Å². The number of anilines is 1. The Bertz CT molecular complexity index is 1220. The Kier molecular flexibility index (Phi) is 5.40. The maximum Gasteiger partial charge on any atom is 0.339 e. The Balaban J connectivity index is 1.99. The van der Waals surface area contributed by atoms with Crippen molar-refractivity contribution in [1.29, 1.82) is 0 Å². The molecule has 1 aliphatic rings. The molecule has 1 atom stereocenters. The van der Waals surface area contributed by atoms with E-state index in [1.54, 1.807) is 34.9 Å². The number of benzene rings is 2. The van der Waals surface area contributed by atoms with Crippen molar-refractivity contribution >= 4 is 17.6 Å². The first-order chi connectivity index (χ1) is 15.4. The predicted molar refractivity (Wildman–Crippen MR) is 116 cm³/mol. The topological polar surface area (TPSA) is 119 Å². The molecule has 3 aromatic rings. The highest BCUT2D eigenvalue weighted by Crippen LogP contribution is 2.44. The van der Waals surface area contributed by atoms with Crippen LogP contribution in [-0.4, -0.2) is 48.0 Å². The number of aromatic nitrogens is 1. The van der Waals surface area contributed by atoms with E-state index >= 15 is 0 Å². The molecule has 0 spiro atoms. The Labute approximate surface area is 183 Å². The van der Waals surface area contributed by atoms with Gasteiger partial charge in [0.05, 0.1) is 38.4 Å². The number of hydrogen-bond acceptors (Lipinski definition) is 6. The molecule has 1 unspecified atom stereocenters. The molecule has 1 aliphatic heterocycles. The maximum atomic E-state index is 12.5. The van der Waals surface area contributed by atoms with E-state index < -0.39 is 11.9 Å². The number of carboxylic acid groups (broad SMARTS) is 1. The van der Waals surface area contributed by atoms with Gasteiger partial charge in [-0.05, 0) is 29.8 Å². The summed E-state index contributed by atoms with van der Waals surface area (Å²) in [4.78, 5) is 24.5. The first-order valence-corrected chi connectivity index (χ1v) is 9.75. The Hall–Kier alpha value is -4.14. The molecule has 3 N–H and O–H groups in total. The number of hydrogen-bond donors (Lipinski definition) is 3. The van der Waals surface area contributed by atoms with Gasteiger partial charge in [-0.25, -0.2) is 4.79 Å². The Morgan fingerprint density at radius 1 is 1.06 bits per heavy atom. The zero-order chi connectivity index (χ0) is 23.0. The van der Waals surface area contributed by atoms with Crippen molar-refractivity contribution in [3.8, 4) is 28.7 Å². The summed E-state index contributed by atoms with van der Waals surface area (Å²) in [6.07, 6.45) is 1.51. The summed E-state index contributed by atoms with van der Waals surface area (Å²) in [7, 11) is 4.49. The van der Waals surface area contributed by atoms with Gasteiger partial charge in [0, 0.05) is 24.6 Å². The first-order valence-electron chi connectivity index (χ1n) is 9.75. The minimum atomic E-state index is -1.18. The van der Waals surface area contributed by atoms with E-state index in [-0.39, 0.29) is 29.3 Å². The normalized spacial score (nSPS) is 15.0. The number of nitrogens with one attached hydrogen (secondary N) is 1. The van der Waals surface area contributed by atoms with E-state index in [1.807, 2.05) is 0 Å². The highest BCUT2D eigenvalue weighted by Gasteiger charge is 2.35. The lowest BCUT2D eigenvalue weighted by Crippen LogP contribution is -2.25. The van der Waals surface area contributed by atoms with E-state index in [9.17, 15) is 19.8 Å². The molecule has 0 bridgehead atoms. The van der Waals surface area contributed by atoms with Gasteiger partial charge in [0.15, 0.2) is 11.5 Å². The summed E-state index contributed by atoms with van der Waals surface area (Å²) in [6.45, 7) is 0. The Morgan fingerprint density at radius 2 is 1.78 bits per heavy atom. The number of ether oxygens (including phenoxy) is 3. The third-order valence-corrected chi connectivity index (χ3v) is 5.51. The highest BCUT2D eigenvalue weighted by molar-refractivity contribution is 6.04. The molecule has 9 nitrogen and oxygen atoms in total. The van der Waals surface area contributed by atoms with Crippen LogP contribution in [-0.2, 0) is 4.79 Å². The highest BCUT2D eigenvalue weighted by atomic mass is 16.5. The molecule has 0 fully saturated rings. The number of phenols is 1. The largest absolute Gasteiger partial charge is 0.504 e. The molecule has 1 aromatic heterocycles. The van der Waals surface area contributed by atoms with Gasteiger partial charge in [-0.3, -0.25) is 4.79 Å². The molecule has 0 radical (unpaired) electrons. The van der Waals surface area contributed by atoms with Crippen LogP contribution in [0, 0.1) is 0 Å². The molecule has 1 amide bonds. The summed E-state index contributed by atoms with van der Waals surface area (Å²) < 4.78 is 17.7. The van der Waals surface area contributed by atoms with E-state index in [1.165, 1.54) is 33.6 Å². The fourth-order valence-corrected chi connectivity index (χ4v) is 4.01. The van der Waals surface area contributed by atoms with Crippen LogP contribution >= 0.6 is 0 Å². The lowest BCUT2D eigenvalue weighted by molar-refractivity contribution is -0.116. The number of aromatic carboxylic acids is 1. The van der Waals surface area contributed by atoms with Crippen LogP contribution in [0.25, 0.3) is 5.69 Å². The molecular formula is C23H22N2O7. The number of nitrogens with zero attached hydrogens (tertiary/aromatic N) is 1. The smallest absolute Gasteiger partial charge is 0.339 e. The number of amides is 1. The monoisotopic (exact) mass is 438 g/mol. The molecule has 0 aliphatic carbocycles. The van der Waals surface area contributed by atoms with Gasteiger partial charge in [-0.15, -0.1) is 0 Å². The SMILES string of the molecule is COc1ccc(OC)c(-n2cc(C(=O)O)c3c2C(c2ccc(OC)c(O)c2)CC(=O)N3)c1. The van der Waals surface area contributed by atoms with E-state index in [0.717, 1.165) is 0 Å². The quantitative estimate of drug-likeness (QED) is 0.540. The minimum Gasteiger partial charge on any atom is -0.504 e. The summed E-state index contributed by atoms with van der Waals surface area (Å²) in [5.74, 6) is -0.763.